The molecular formula is C16H26N2O2. The number of hydrogen-bond donors (Lipinski definition) is 3. The van der Waals surface area contributed by atoms with Crippen LogP contribution in [0, 0.1) is 6.92 Å². The van der Waals surface area contributed by atoms with Crippen molar-refractivity contribution in [1.82, 2.24) is 0 Å². The van der Waals surface area contributed by atoms with Crippen LogP contribution in [0.25, 0.3) is 0 Å². The van der Waals surface area contributed by atoms with Crippen LogP contribution in [0.15, 0.2) is 18.2 Å². The number of anilines is 2. The summed E-state index contributed by atoms with van der Waals surface area (Å²) in [6.45, 7) is 4.43. The highest BCUT2D eigenvalue weighted by molar-refractivity contribution is 5.71. The van der Waals surface area contributed by atoms with E-state index in [4.69, 9.17) is 5.11 Å². The van der Waals surface area contributed by atoms with E-state index in [2.05, 4.69) is 35.3 Å². The highest BCUT2D eigenvalue weighted by Gasteiger charge is 2.14. The molecular weight excluding hydrogens is 252 g/mol. The van der Waals surface area contributed by atoms with Gasteiger partial charge in [-0.3, -0.25) is 0 Å². The molecule has 1 unspecified atom stereocenters. The second kappa shape index (κ2) is 7.50. The summed E-state index contributed by atoms with van der Waals surface area (Å²) in [7, 11) is 0. The maximum Gasteiger partial charge on any atom is 0.0942 e. The van der Waals surface area contributed by atoms with Crippen molar-refractivity contribution in [2.75, 3.05) is 36.5 Å². The van der Waals surface area contributed by atoms with Crippen molar-refractivity contribution in [2.45, 2.75) is 38.7 Å². The van der Waals surface area contributed by atoms with Crippen molar-refractivity contribution < 1.29 is 10.2 Å². The van der Waals surface area contributed by atoms with Crippen molar-refractivity contribution >= 4 is 11.4 Å². The average Bonchev–Trinajstić information content (AvgIpc) is 2.73. The van der Waals surface area contributed by atoms with Crippen LogP contribution in [0.3, 0.4) is 0 Å². The molecule has 1 saturated heterocycles. The summed E-state index contributed by atoms with van der Waals surface area (Å²) in [5.41, 5.74) is 3.46. The summed E-state index contributed by atoms with van der Waals surface area (Å²) in [5, 5.41) is 21.7. The molecule has 4 nitrogen and oxygen atoms in total. The Bertz CT molecular complexity index is 415. The standard InChI is InChI=1S/C16H26N2O2/c1-13-6-7-16(18-8-4-2-3-5-9-18)15(10-13)17-11-14(20)12-19/h6-7,10,14,17,19-20H,2-5,8-9,11-12H2,1H3. The Morgan fingerprint density at radius 1 is 1.20 bits per heavy atom. The molecule has 112 valence electrons. The molecule has 0 aliphatic carbocycles. The molecule has 1 atom stereocenters. The quantitative estimate of drug-likeness (QED) is 0.772. The SMILES string of the molecule is Cc1ccc(N2CCCCCC2)c(NCC(O)CO)c1. The van der Waals surface area contributed by atoms with Crippen LogP contribution in [0.1, 0.15) is 31.2 Å². The third-order valence-corrected chi connectivity index (χ3v) is 3.84. The van der Waals surface area contributed by atoms with Crippen molar-refractivity contribution in [3.8, 4) is 0 Å². The van der Waals surface area contributed by atoms with Gasteiger partial charge in [0.15, 0.2) is 0 Å². The summed E-state index contributed by atoms with van der Waals surface area (Å²) in [5.74, 6) is 0. The molecule has 2 rings (SSSR count). The first-order chi connectivity index (χ1) is 9.70. The molecule has 0 spiro atoms. The highest BCUT2D eigenvalue weighted by atomic mass is 16.3. The van der Waals surface area contributed by atoms with Crippen LogP contribution in [0.4, 0.5) is 11.4 Å². The van der Waals surface area contributed by atoms with Crippen molar-refractivity contribution in [3.05, 3.63) is 23.8 Å². The van der Waals surface area contributed by atoms with Crippen LogP contribution < -0.4 is 10.2 Å². The lowest BCUT2D eigenvalue weighted by Gasteiger charge is -2.26. The van der Waals surface area contributed by atoms with Crippen molar-refractivity contribution in [3.63, 3.8) is 0 Å². The molecule has 20 heavy (non-hydrogen) atoms. The van der Waals surface area contributed by atoms with Gasteiger partial charge in [-0.1, -0.05) is 18.9 Å². The molecule has 1 aromatic rings. The van der Waals surface area contributed by atoms with Gasteiger partial charge in [-0.05, 0) is 37.5 Å². The van der Waals surface area contributed by atoms with Gasteiger partial charge in [0.2, 0.25) is 0 Å². The van der Waals surface area contributed by atoms with Crippen LogP contribution >= 0.6 is 0 Å². The molecule has 3 N–H and O–H groups in total. The van der Waals surface area contributed by atoms with Gasteiger partial charge in [-0.25, -0.2) is 0 Å². The summed E-state index contributed by atoms with van der Waals surface area (Å²) in [6.07, 6.45) is 4.40. The van der Waals surface area contributed by atoms with E-state index in [1.165, 1.54) is 36.9 Å². The van der Waals surface area contributed by atoms with E-state index in [9.17, 15) is 5.11 Å². The lowest BCUT2D eigenvalue weighted by molar-refractivity contribution is 0.105. The van der Waals surface area contributed by atoms with Gasteiger partial charge in [0.05, 0.1) is 24.1 Å². The van der Waals surface area contributed by atoms with E-state index in [0.717, 1.165) is 18.8 Å². The fourth-order valence-corrected chi connectivity index (χ4v) is 2.67. The van der Waals surface area contributed by atoms with E-state index >= 15 is 0 Å². The van der Waals surface area contributed by atoms with Crippen LogP contribution in [-0.4, -0.2) is 42.6 Å². The molecule has 1 aromatic carbocycles. The zero-order chi connectivity index (χ0) is 14.4. The van der Waals surface area contributed by atoms with Crippen LogP contribution in [0.5, 0.6) is 0 Å². The Balaban J connectivity index is 2.13. The molecule has 0 bridgehead atoms. The molecule has 0 aromatic heterocycles. The highest BCUT2D eigenvalue weighted by Crippen LogP contribution is 2.29. The second-order valence-electron chi connectivity index (χ2n) is 5.64. The minimum Gasteiger partial charge on any atom is -0.394 e. The monoisotopic (exact) mass is 278 g/mol. The van der Waals surface area contributed by atoms with Gasteiger partial charge in [0.25, 0.3) is 0 Å². The normalized spacial score (nSPS) is 17.6. The predicted octanol–water partition coefficient (Wildman–Crippen LogP) is 2.14. The molecule has 1 fully saturated rings. The smallest absolute Gasteiger partial charge is 0.0942 e. The van der Waals surface area contributed by atoms with E-state index in [1.54, 1.807) is 0 Å². The van der Waals surface area contributed by atoms with E-state index in [1.807, 2.05) is 0 Å². The summed E-state index contributed by atoms with van der Waals surface area (Å²) < 4.78 is 0. The number of aliphatic hydroxyl groups is 2. The number of aryl methyl sites for hydroxylation is 1. The first kappa shape index (κ1) is 15.1. The van der Waals surface area contributed by atoms with Gasteiger partial charge in [-0.2, -0.15) is 0 Å². The first-order valence-corrected chi connectivity index (χ1v) is 7.59. The first-order valence-electron chi connectivity index (χ1n) is 7.59. The lowest BCUT2D eigenvalue weighted by Crippen LogP contribution is -2.27. The fourth-order valence-electron chi connectivity index (χ4n) is 2.67. The van der Waals surface area contributed by atoms with Crippen molar-refractivity contribution in [1.29, 1.82) is 0 Å². The number of rotatable bonds is 5. The Morgan fingerprint density at radius 2 is 1.90 bits per heavy atom. The molecule has 1 heterocycles. The number of nitrogens with one attached hydrogen (secondary N) is 1. The topological polar surface area (TPSA) is 55.7 Å². The maximum atomic E-state index is 9.51. The minimum atomic E-state index is -0.715. The van der Waals surface area contributed by atoms with Gasteiger partial charge in [0, 0.05) is 19.6 Å². The third kappa shape index (κ3) is 4.12. The zero-order valence-electron chi connectivity index (χ0n) is 12.3. The average molecular weight is 278 g/mol. The largest absolute Gasteiger partial charge is 0.394 e. The maximum absolute atomic E-state index is 9.51. The van der Waals surface area contributed by atoms with Gasteiger partial charge >= 0.3 is 0 Å². The molecule has 4 heteroatoms. The lowest BCUT2D eigenvalue weighted by atomic mass is 10.1. The number of hydrogen-bond acceptors (Lipinski definition) is 4. The molecule has 0 amide bonds. The third-order valence-electron chi connectivity index (χ3n) is 3.84. The summed E-state index contributed by atoms with van der Waals surface area (Å²) >= 11 is 0. The van der Waals surface area contributed by atoms with Gasteiger partial charge in [0.1, 0.15) is 0 Å². The second-order valence-corrected chi connectivity index (χ2v) is 5.64. The minimum absolute atomic E-state index is 0.210. The predicted molar refractivity (Wildman–Crippen MR) is 83.4 cm³/mol. The molecule has 1 aliphatic heterocycles. The van der Waals surface area contributed by atoms with Crippen molar-refractivity contribution in [2.24, 2.45) is 0 Å². The van der Waals surface area contributed by atoms with E-state index in [-0.39, 0.29) is 6.61 Å². The number of nitrogens with zero attached hydrogens (tertiary/aromatic N) is 1. The summed E-state index contributed by atoms with van der Waals surface area (Å²) in [4.78, 5) is 2.43. The Kier molecular flexibility index (Phi) is 5.68. The Labute approximate surface area is 121 Å². The molecule has 0 saturated carbocycles. The van der Waals surface area contributed by atoms with E-state index < -0.39 is 6.10 Å². The molecule has 1 aliphatic rings. The molecule has 0 radical (unpaired) electrons. The fraction of sp³-hybridized carbons (Fsp3) is 0.625. The Morgan fingerprint density at radius 3 is 2.55 bits per heavy atom. The van der Waals surface area contributed by atoms with Crippen LogP contribution in [0.2, 0.25) is 0 Å². The number of aliphatic hydroxyl groups excluding tert-OH is 2. The van der Waals surface area contributed by atoms with E-state index in [0.29, 0.717) is 6.54 Å². The summed E-state index contributed by atoms with van der Waals surface area (Å²) in [6, 6.07) is 6.41. The zero-order valence-corrected chi connectivity index (χ0v) is 12.3. The Hall–Kier alpha value is -1.26. The van der Waals surface area contributed by atoms with Gasteiger partial charge in [-0.15, -0.1) is 0 Å². The van der Waals surface area contributed by atoms with Crippen LogP contribution in [-0.2, 0) is 0 Å². The number of benzene rings is 1. The van der Waals surface area contributed by atoms with Gasteiger partial charge < -0.3 is 20.4 Å².